The lowest BCUT2D eigenvalue weighted by atomic mass is 10.4. The van der Waals surface area contributed by atoms with Crippen molar-refractivity contribution in [2.45, 2.75) is 13.8 Å². The molecular formula is C13H16N4O3S. The third-order valence-corrected chi connectivity index (χ3v) is 4.12. The van der Waals surface area contributed by atoms with Gasteiger partial charge in [-0.05, 0) is 19.9 Å². The van der Waals surface area contributed by atoms with E-state index >= 15 is 0 Å². The molecule has 0 N–H and O–H groups in total. The minimum Gasteiger partial charge on any atom is -0.462 e. The van der Waals surface area contributed by atoms with Crippen molar-refractivity contribution in [1.82, 2.24) is 14.3 Å². The van der Waals surface area contributed by atoms with E-state index in [1.54, 1.807) is 44.8 Å². The van der Waals surface area contributed by atoms with Gasteiger partial charge in [0.25, 0.3) is 5.91 Å². The molecule has 21 heavy (non-hydrogen) atoms. The highest BCUT2D eigenvalue weighted by molar-refractivity contribution is 7.11. The number of aryl methyl sites for hydroxylation is 1. The van der Waals surface area contributed by atoms with Gasteiger partial charge < -0.3 is 9.30 Å². The van der Waals surface area contributed by atoms with Crippen molar-refractivity contribution in [2.24, 2.45) is 19.1 Å². The summed E-state index contributed by atoms with van der Waals surface area (Å²) in [7, 11) is 3.48. The van der Waals surface area contributed by atoms with Crippen LogP contribution >= 0.6 is 11.3 Å². The monoisotopic (exact) mass is 308 g/mol. The third-order valence-electron chi connectivity index (χ3n) is 2.90. The number of rotatable bonds is 3. The lowest BCUT2D eigenvalue weighted by Gasteiger charge is -2.00. The van der Waals surface area contributed by atoms with E-state index in [4.69, 9.17) is 4.74 Å². The van der Waals surface area contributed by atoms with Crippen LogP contribution in [0.1, 0.15) is 32.8 Å². The molecule has 0 aliphatic carbocycles. The SMILES string of the molecule is CCOC(=O)c1sc(=NC(=O)c2ccn(C)n2)n(C)c1C. The van der Waals surface area contributed by atoms with E-state index in [0.717, 1.165) is 11.3 Å². The highest BCUT2D eigenvalue weighted by atomic mass is 32.1. The van der Waals surface area contributed by atoms with Gasteiger partial charge in [-0.25, -0.2) is 4.79 Å². The number of ether oxygens (including phenoxy) is 1. The minimum atomic E-state index is -0.442. The Kier molecular flexibility index (Phi) is 4.37. The zero-order valence-corrected chi connectivity index (χ0v) is 13.1. The number of hydrogen-bond acceptors (Lipinski definition) is 5. The van der Waals surface area contributed by atoms with Crippen LogP contribution in [0.2, 0.25) is 0 Å². The van der Waals surface area contributed by atoms with Crippen molar-refractivity contribution >= 4 is 23.2 Å². The molecule has 8 heteroatoms. The van der Waals surface area contributed by atoms with Gasteiger partial charge in [0.15, 0.2) is 10.5 Å². The molecule has 0 aliphatic heterocycles. The summed E-state index contributed by atoms with van der Waals surface area (Å²) < 4.78 is 8.21. The number of aromatic nitrogens is 3. The first-order valence-electron chi connectivity index (χ1n) is 6.36. The Morgan fingerprint density at radius 2 is 2.14 bits per heavy atom. The molecule has 2 aromatic rings. The Morgan fingerprint density at radius 3 is 2.71 bits per heavy atom. The number of carbonyl (C=O) groups excluding carboxylic acids is 2. The topological polar surface area (TPSA) is 78.5 Å². The summed E-state index contributed by atoms with van der Waals surface area (Å²) in [5, 5.41) is 4.01. The molecule has 0 saturated heterocycles. The standard InChI is InChI=1S/C13H16N4O3S/c1-5-20-12(19)10-8(2)17(4)13(21-10)14-11(18)9-6-7-16(3)15-9/h6-7H,5H2,1-4H3. The van der Waals surface area contributed by atoms with Crippen molar-refractivity contribution < 1.29 is 14.3 Å². The molecule has 0 aliphatic rings. The van der Waals surface area contributed by atoms with E-state index in [9.17, 15) is 9.59 Å². The van der Waals surface area contributed by atoms with Gasteiger partial charge in [-0.15, -0.1) is 0 Å². The second kappa shape index (κ2) is 6.04. The number of esters is 1. The third kappa shape index (κ3) is 3.10. The van der Waals surface area contributed by atoms with Crippen LogP contribution in [-0.2, 0) is 18.8 Å². The zero-order chi connectivity index (χ0) is 15.6. The zero-order valence-electron chi connectivity index (χ0n) is 12.3. The Bertz CT molecular complexity index is 754. The van der Waals surface area contributed by atoms with Gasteiger partial charge in [0.05, 0.1) is 6.61 Å². The van der Waals surface area contributed by atoms with Crippen molar-refractivity contribution in [1.29, 1.82) is 0 Å². The first-order chi connectivity index (χ1) is 9.93. The number of hydrogen-bond donors (Lipinski definition) is 0. The van der Waals surface area contributed by atoms with Crippen LogP contribution in [0.5, 0.6) is 0 Å². The molecule has 7 nitrogen and oxygen atoms in total. The van der Waals surface area contributed by atoms with Gasteiger partial charge in [-0.3, -0.25) is 9.48 Å². The fraction of sp³-hybridized carbons (Fsp3) is 0.385. The molecule has 0 aromatic carbocycles. The van der Waals surface area contributed by atoms with Gasteiger partial charge in [0.1, 0.15) is 4.88 Å². The highest BCUT2D eigenvalue weighted by Gasteiger charge is 2.17. The van der Waals surface area contributed by atoms with Crippen LogP contribution in [0, 0.1) is 6.92 Å². The summed E-state index contributed by atoms with van der Waals surface area (Å²) in [4.78, 5) is 28.8. The maximum absolute atomic E-state index is 12.0. The summed E-state index contributed by atoms with van der Waals surface area (Å²) in [6, 6.07) is 1.60. The first kappa shape index (κ1) is 15.2. The molecule has 2 heterocycles. The number of nitrogens with zero attached hydrogens (tertiary/aromatic N) is 4. The Labute approximate surface area is 125 Å². The van der Waals surface area contributed by atoms with Crippen LogP contribution in [-0.4, -0.2) is 32.8 Å². The molecular weight excluding hydrogens is 292 g/mol. The van der Waals surface area contributed by atoms with E-state index in [1.807, 2.05) is 0 Å². The van der Waals surface area contributed by atoms with E-state index in [2.05, 4.69) is 10.1 Å². The van der Waals surface area contributed by atoms with Crippen LogP contribution in [0.3, 0.4) is 0 Å². The molecule has 0 unspecified atom stereocenters. The van der Waals surface area contributed by atoms with Crippen molar-refractivity contribution in [3.63, 3.8) is 0 Å². The summed E-state index contributed by atoms with van der Waals surface area (Å²) in [6.45, 7) is 3.84. The van der Waals surface area contributed by atoms with Crippen molar-refractivity contribution in [2.75, 3.05) is 6.61 Å². The van der Waals surface area contributed by atoms with Gasteiger partial charge >= 0.3 is 5.97 Å². The van der Waals surface area contributed by atoms with Crippen LogP contribution < -0.4 is 4.80 Å². The van der Waals surface area contributed by atoms with Crippen LogP contribution in [0.25, 0.3) is 0 Å². The second-order valence-corrected chi connectivity index (χ2v) is 5.35. The Balaban J connectivity index is 2.40. The molecule has 1 amide bonds. The molecule has 0 fully saturated rings. The largest absolute Gasteiger partial charge is 0.462 e. The van der Waals surface area contributed by atoms with Crippen molar-refractivity contribution in [3.05, 3.63) is 33.3 Å². The van der Waals surface area contributed by atoms with E-state index in [0.29, 0.717) is 22.0 Å². The average Bonchev–Trinajstić information content (AvgIpc) is 2.98. The molecule has 2 aromatic heterocycles. The van der Waals surface area contributed by atoms with E-state index < -0.39 is 11.9 Å². The first-order valence-corrected chi connectivity index (χ1v) is 7.18. The molecule has 0 saturated carbocycles. The Hall–Kier alpha value is -2.22. The van der Waals surface area contributed by atoms with Crippen molar-refractivity contribution in [3.8, 4) is 0 Å². The number of thiazole rings is 1. The quantitative estimate of drug-likeness (QED) is 0.794. The number of carbonyl (C=O) groups is 2. The molecule has 0 bridgehead atoms. The lowest BCUT2D eigenvalue weighted by Crippen LogP contribution is -2.15. The fourth-order valence-corrected chi connectivity index (χ4v) is 2.70. The maximum atomic E-state index is 12.0. The smallest absolute Gasteiger partial charge is 0.350 e. The van der Waals surface area contributed by atoms with Gasteiger partial charge in [0.2, 0.25) is 0 Å². The normalized spacial score (nSPS) is 11.7. The van der Waals surface area contributed by atoms with Crippen LogP contribution in [0.4, 0.5) is 0 Å². The molecule has 0 spiro atoms. The highest BCUT2D eigenvalue weighted by Crippen LogP contribution is 2.12. The van der Waals surface area contributed by atoms with Gasteiger partial charge in [-0.1, -0.05) is 11.3 Å². The predicted octanol–water partition coefficient (Wildman–Crippen LogP) is 1.05. The predicted molar refractivity (Wildman–Crippen MR) is 77.1 cm³/mol. The van der Waals surface area contributed by atoms with Crippen LogP contribution in [0.15, 0.2) is 17.3 Å². The average molecular weight is 308 g/mol. The van der Waals surface area contributed by atoms with E-state index in [-0.39, 0.29) is 5.69 Å². The fourth-order valence-electron chi connectivity index (χ4n) is 1.69. The lowest BCUT2D eigenvalue weighted by molar-refractivity contribution is 0.0530. The summed E-state index contributed by atoms with van der Waals surface area (Å²) in [6.07, 6.45) is 1.67. The summed E-state index contributed by atoms with van der Waals surface area (Å²) in [5.41, 5.74) is 0.979. The number of amides is 1. The molecule has 2 rings (SSSR count). The molecule has 0 atom stereocenters. The second-order valence-electron chi connectivity index (χ2n) is 4.37. The van der Waals surface area contributed by atoms with Gasteiger partial charge in [0, 0.05) is 26.0 Å². The Morgan fingerprint density at radius 1 is 1.43 bits per heavy atom. The summed E-state index contributed by atoms with van der Waals surface area (Å²) >= 11 is 1.13. The molecule has 112 valence electrons. The van der Waals surface area contributed by atoms with Gasteiger partial charge in [-0.2, -0.15) is 10.1 Å². The molecule has 0 radical (unpaired) electrons. The maximum Gasteiger partial charge on any atom is 0.350 e. The summed E-state index contributed by atoms with van der Waals surface area (Å²) in [5.74, 6) is -0.842. The minimum absolute atomic E-state index is 0.265. The van der Waals surface area contributed by atoms with E-state index in [1.165, 1.54) is 4.68 Å².